The summed E-state index contributed by atoms with van der Waals surface area (Å²) < 4.78 is 22.0. The second kappa shape index (κ2) is 19.5. The molecule has 5 aromatic rings. The fourth-order valence-electron chi connectivity index (χ4n) is 8.47. The number of halogens is 2. The first-order valence-corrected chi connectivity index (χ1v) is 22.3. The van der Waals surface area contributed by atoms with E-state index in [2.05, 4.69) is 31.7 Å². The van der Waals surface area contributed by atoms with Gasteiger partial charge in [0.15, 0.2) is 0 Å². The molecule has 0 saturated carbocycles. The van der Waals surface area contributed by atoms with Crippen molar-refractivity contribution in [3.63, 3.8) is 0 Å². The van der Waals surface area contributed by atoms with Crippen LogP contribution in [0.5, 0.6) is 5.75 Å². The normalized spacial score (nSPS) is 19.6. The third kappa shape index (κ3) is 9.86. The van der Waals surface area contributed by atoms with Crippen molar-refractivity contribution in [3.8, 4) is 16.3 Å². The number of piperidine rings is 2. The summed E-state index contributed by atoms with van der Waals surface area (Å²) in [4.78, 5) is 79.5. The molecule has 8 rings (SSSR count). The molecule has 6 amide bonds. The van der Waals surface area contributed by atoms with Crippen LogP contribution in [0.1, 0.15) is 86.8 Å². The van der Waals surface area contributed by atoms with Crippen LogP contribution in [-0.4, -0.2) is 87.9 Å². The van der Waals surface area contributed by atoms with Crippen LogP contribution in [-0.2, 0) is 21.4 Å². The van der Waals surface area contributed by atoms with Gasteiger partial charge in [0.1, 0.15) is 17.6 Å². The van der Waals surface area contributed by atoms with Gasteiger partial charge in [0.25, 0.3) is 17.7 Å². The number of thiophene rings is 1. The summed E-state index contributed by atoms with van der Waals surface area (Å²) in [5, 5.41) is 19.7. The number of hydrogen-bond donors (Lipinski definition) is 5. The van der Waals surface area contributed by atoms with Gasteiger partial charge in [0, 0.05) is 62.4 Å². The summed E-state index contributed by atoms with van der Waals surface area (Å²) in [6.07, 6.45) is 4.73. The number of imide groups is 2. The van der Waals surface area contributed by atoms with Crippen LogP contribution >= 0.6 is 22.9 Å². The van der Waals surface area contributed by atoms with Gasteiger partial charge in [-0.25, -0.2) is 4.39 Å². The lowest BCUT2D eigenvalue weighted by Crippen LogP contribution is -2.54. The summed E-state index contributed by atoms with van der Waals surface area (Å²) in [5.41, 5.74) is 3.06. The number of ether oxygens (including phenoxy) is 1. The zero-order chi connectivity index (χ0) is 44.9. The molecule has 0 radical (unpaired) electrons. The van der Waals surface area contributed by atoms with E-state index in [1.54, 1.807) is 72.5 Å². The maximum Gasteiger partial charge on any atom is 0.264 e. The van der Waals surface area contributed by atoms with Gasteiger partial charge in [0.2, 0.25) is 17.7 Å². The minimum absolute atomic E-state index is 0.0567. The second-order valence-corrected chi connectivity index (χ2v) is 17.5. The molecule has 2 saturated heterocycles. The highest BCUT2D eigenvalue weighted by Crippen LogP contribution is 2.35. The average molecular weight is 909 g/mol. The quantitative estimate of drug-likeness (QED) is 0.0557. The van der Waals surface area contributed by atoms with Crippen molar-refractivity contribution < 1.29 is 37.9 Å². The van der Waals surface area contributed by atoms with Crippen molar-refractivity contribution in [1.29, 1.82) is 0 Å². The largest absolute Gasteiger partial charge is 0.494 e. The Hall–Kier alpha value is -6.43. The summed E-state index contributed by atoms with van der Waals surface area (Å²) in [6.45, 7) is 1.39. The van der Waals surface area contributed by atoms with Gasteiger partial charge >= 0.3 is 0 Å². The Kier molecular flexibility index (Phi) is 13.5. The number of amides is 6. The van der Waals surface area contributed by atoms with Crippen molar-refractivity contribution in [2.75, 3.05) is 30.3 Å². The van der Waals surface area contributed by atoms with Crippen LogP contribution < -0.4 is 31.3 Å². The lowest BCUT2D eigenvalue weighted by Gasteiger charge is -2.37. The van der Waals surface area contributed by atoms with Gasteiger partial charge in [-0.2, -0.15) is 5.10 Å². The molecule has 0 bridgehead atoms. The van der Waals surface area contributed by atoms with Crippen molar-refractivity contribution in [1.82, 2.24) is 30.6 Å². The number of benzene rings is 3. The monoisotopic (exact) mass is 908 g/mol. The molecule has 1 unspecified atom stereocenters. The van der Waals surface area contributed by atoms with Crippen molar-refractivity contribution in [2.24, 2.45) is 7.05 Å². The van der Waals surface area contributed by atoms with Gasteiger partial charge in [-0.3, -0.25) is 43.7 Å². The number of unbranched alkanes of at least 4 members (excludes halogenated alkanes) is 2. The minimum atomic E-state index is -1.02. The standard InChI is InChI=1S/C46H46ClFN8O7S/c1-55-42(33(47)24-51-55)37-16-17-38(64-37)44(60)53-35-25-50-29(22-32(35)26-7-5-8-27(48)21-26)23-40(58)52-28-11-13-30(14-12-28)63-20-4-2-3-19-49-34-10-6-9-31-41(34)46(62)56(45(31)61)36-15-18-39(57)54-43(36)59/h5-14,16-17,21,24,29,32,35-36,49-50H,2-4,15,18-20,22-23,25H2,1H3,(H,52,58)(H,53,60)(H,54,57,59)/t29-,32-,35+,36?/m0/s1. The number of carbonyl (C=O) groups is 6. The number of nitrogens with zero attached hydrogens (tertiary/aromatic N) is 3. The lowest BCUT2D eigenvalue weighted by molar-refractivity contribution is -0.136. The van der Waals surface area contributed by atoms with Crippen LogP contribution in [0.3, 0.4) is 0 Å². The maximum atomic E-state index is 14.4. The number of aryl methyl sites for hydroxylation is 1. The smallest absolute Gasteiger partial charge is 0.264 e. The van der Waals surface area contributed by atoms with Gasteiger partial charge in [0.05, 0.1) is 44.4 Å². The number of anilines is 2. The Labute approximate surface area is 377 Å². The van der Waals surface area contributed by atoms with Gasteiger partial charge < -0.3 is 26.0 Å². The molecule has 18 heteroatoms. The van der Waals surface area contributed by atoms with E-state index in [0.717, 1.165) is 40.3 Å². The lowest BCUT2D eigenvalue weighted by atomic mass is 9.81. The van der Waals surface area contributed by atoms with E-state index < -0.39 is 29.7 Å². The zero-order valence-electron chi connectivity index (χ0n) is 34.8. The molecule has 2 fully saturated rings. The van der Waals surface area contributed by atoms with Crippen molar-refractivity contribution in [2.45, 2.75) is 69.0 Å². The van der Waals surface area contributed by atoms with Crippen molar-refractivity contribution >= 4 is 69.8 Å². The Morgan fingerprint density at radius 2 is 1.80 bits per heavy atom. The molecule has 3 aliphatic rings. The van der Waals surface area contributed by atoms with E-state index in [9.17, 15) is 33.2 Å². The zero-order valence-corrected chi connectivity index (χ0v) is 36.4. The molecular weight excluding hydrogens is 863 g/mol. The molecule has 332 valence electrons. The first-order chi connectivity index (χ1) is 30.9. The molecule has 3 aromatic carbocycles. The molecule has 0 aliphatic carbocycles. The van der Waals surface area contributed by atoms with E-state index in [4.69, 9.17) is 16.3 Å². The van der Waals surface area contributed by atoms with Crippen molar-refractivity contribution in [3.05, 3.63) is 117 Å². The maximum absolute atomic E-state index is 14.4. The first-order valence-electron chi connectivity index (χ1n) is 21.1. The summed E-state index contributed by atoms with van der Waals surface area (Å²) in [7, 11) is 1.79. The van der Waals surface area contributed by atoms with Crippen LogP contribution in [0.15, 0.2) is 85.1 Å². The SMILES string of the molecule is Cn1ncc(Cl)c1-c1ccc(C(=O)N[C@@H]2CN[C@H](CC(=O)Nc3ccc(OCCCCCNc4cccc5c4C(=O)N(C4CCC(=O)NC4=O)C5=O)cc3)C[C@H]2c2cccc(F)c2)s1. The van der Waals surface area contributed by atoms with E-state index >= 15 is 0 Å². The van der Waals surface area contributed by atoms with E-state index in [0.29, 0.717) is 53.1 Å². The third-order valence-corrected chi connectivity index (χ3v) is 13.0. The minimum Gasteiger partial charge on any atom is -0.494 e. The van der Waals surface area contributed by atoms with Crippen LogP contribution in [0, 0.1) is 5.82 Å². The number of hydrogen-bond acceptors (Lipinski definition) is 11. The fourth-order valence-corrected chi connectivity index (χ4v) is 9.79. The van der Waals surface area contributed by atoms with Crippen LogP contribution in [0.2, 0.25) is 5.02 Å². The molecular formula is C46H46ClFN8O7S. The first kappa shape index (κ1) is 44.2. The Morgan fingerprint density at radius 3 is 2.56 bits per heavy atom. The molecule has 5 N–H and O–H groups in total. The Morgan fingerprint density at radius 1 is 0.984 bits per heavy atom. The molecule has 3 aliphatic heterocycles. The third-order valence-electron chi connectivity index (χ3n) is 11.6. The summed E-state index contributed by atoms with van der Waals surface area (Å²) in [5.74, 6) is -2.58. The van der Waals surface area contributed by atoms with E-state index in [-0.39, 0.29) is 66.0 Å². The number of carbonyl (C=O) groups excluding carboxylic acids is 6. The van der Waals surface area contributed by atoms with Crippen LogP contribution in [0.25, 0.3) is 10.6 Å². The highest BCUT2D eigenvalue weighted by molar-refractivity contribution is 7.17. The highest BCUT2D eigenvalue weighted by Gasteiger charge is 2.45. The highest BCUT2D eigenvalue weighted by atomic mass is 35.5. The summed E-state index contributed by atoms with van der Waals surface area (Å²) in [6, 6.07) is 20.4. The molecule has 0 spiro atoms. The predicted molar refractivity (Wildman–Crippen MR) is 239 cm³/mol. The van der Waals surface area contributed by atoms with Crippen LogP contribution in [0.4, 0.5) is 15.8 Å². The number of aromatic nitrogens is 2. The second-order valence-electron chi connectivity index (χ2n) is 16.0. The van der Waals surface area contributed by atoms with Gasteiger partial charge in [-0.05, 0) is 98.3 Å². The number of fused-ring (bicyclic) bond motifs is 1. The summed E-state index contributed by atoms with van der Waals surface area (Å²) >= 11 is 7.64. The topological polar surface area (TPSA) is 193 Å². The Bertz CT molecular complexity index is 2580. The molecule has 15 nitrogen and oxygen atoms in total. The predicted octanol–water partition coefficient (Wildman–Crippen LogP) is 6.28. The molecule has 4 atom stereocenters. The van der Waals surface area contributed by atoms with Gasteiger partial charge in [-0.1, -0.05) is 29.8 Å². The molecule has 2 aromatic heterocycles. The molecule has 64 heavy (non-hydrogen) atoms. The Balaban J connectivity index is 0.770. The average Bonchev–Trinajstić information content (AvgIpc) is 3.96. The van der Waals surface area contributed by atoms with E-state index in [1.165, 1.54) is 23.5 Å². The van der Waals surface area contributed by atoms with Gasteiger partial charge in [-0.15, -0.1) is 11.3 Å². The molecule has 5 heterocycles. The number of nitrogens with one attached hydrogen (secondary N) is 5. The number of rotatable bonds is 16. The fraction of sp³-hybridized carbons (Fsp3) is 0.326. The van der Waals surface area contributed by atoms with E-state index in [1.807, 2.05) is 12.1 Å².